The first-order valence-corrected chi connectivity index (χ1v) is 10.8. The number of nitrogens with two attached hydrogens (primary N) is 1. The molecule has 0 saturated heterocycles. The lowest BCUT2D eigenvalue weighted by molar-refractivity contribution is -0.191. The van der Waals surface area contributed by atoms with Gasteiger partial charge < -0.3 is 9.72 Å². The standard InChI is InChI=1S/C21H14F5N3O3S/c22-20(23,24)13-6-8-14(9-7-13)32-21(25,26)19-28-16-10-5-12(11-17(16)29-19)15-3-1-2-4-18(15)33(27,30)31/h1-11H,(H,28,29)(H2,27,30,31). The fourth-order valence-electron chi connectivity index (χ4n) is 3.17. The van der Waals surface area contributed by atoms with Crippen molar-refractivity contribution in [3.05, 3.63) is 78.1 Å². The number of hydrogen-bond acceptors (Lipinski definition) is 4. The number of aromatic amines is 1. The molecule has 1 aromatic heterocycles. The number of alkyl halides is 5. The van der Waals surface area contributed by atoms with Crippen molar-refractivity contribution in [1.29, 1.82) is 0 Å². The highest BCUT2D eigenvalue weighted by Gasteiger charge is 2.39. The van der Waals surface area contributed by atoms with Crippen LogP contribution in [0.3, 0.4) is 0 Å². The van der Waals surface area contributed by atoms with E-state index in [1.54, 1.807) is 6.07 Å². The molecule has 12 heteroatoms. The van der Waals surface area contributed by atoms with Gasteiger partial charge in [-0.3, -0.25) is 0 Å². The third kappa shape index (κ3) is 4.66. The van der Waals surface area contributed by atoms with Crippen LogP contribution in [0.2, 0.25) is 0 Å². The van der Waals surface area contributed by atoms with Crippen LogP contribution >= 0.6 is 0 Å². The van der Waals surface area contributed by atoms with E-state index in [1.165, 1.54) is 36.4 Å². The molecule has 0 bridgehead atoms. The molecule has 0 radical (unpaired) electrons. The number of ether oxygens (including phenoxy) is 1. The molecule has 0 fully saturated rings. The molecule has 4 aromatic rings. The maximum absolute atomic E-state index is 14.6. The average Bonchev–Trinajstić information content (AvgIpc) is 3.17. The Hall–Kier alpha value is -3.51. The van der Waals surface area contributed by atoms with Crippen molar-refractivity contribution in [2.75, 3.05) is 0 Å². The molecule has 0 aliphatic rings. The van der Waals surface area contributed by atoms with Gasteiger partial charge in [-0.1, -0.05) is 24.3 Å². The molecular formula is C21H14F5N3O3S. The van der Waals surface area contributed by atoms with Gasteiger partial charge in [-0.05, 0) is 48.0 Å². The molecule has 0 unspecified atom stereocenters. The van der Waals surface area contributed by atoms with Crippen molar-refractivity contribution in [3.63, 3.8) is 0 Å². The third-order valence-corrected chi connectivity index (χ3v) is 5.66. The molecule has 0 amide bonds. The first-order chi connectivity index (χ1) is 15.3. The summed E-state index contributed by atoms with van der Waals surface area (Å²) in [5.41, 5.74) is -0.0782. The summed E-state index contributed by atoms with van der Waals surface area (Å²) < 4.78 is 95.5. The number of benzene rings is 3. The maximum atomic E-state index is 14.6. The molecule has 6 nitrogen and oxygen atoms in total. The van der Waals surface area contributed by atoms with Crippen molar-refractivity contribution in [3.8, 4) is 16.9 Å². The number of nitrogens with zero attached hydrogens (tertiary/aromatic N) is 1. The Morgan fingerprint density at radius 2 is 1.58 bits per heavy atom. The van der Waals surface area contributed by atoms with Gasteiger partial charge in [-0.15, -0.1) is 0 Å². The summed E-state index contributed by atoms with van der Waals surface area (Å²) in [6.45, 7) is 0. The van der Waals surface area contributed by atoms with E-state index in [0.29, 0.717) is 17.7 Å². The van der Waals surface area contributed by atoms with Gasteiger partial charge in [0.2, 0.25) is 15.8 Å². The number of halogens is 5. The largest absolute Gasteiger partial charge is 0.460 e. The lowest BCUT2D eigenvalue weighted by Crippen LogP contribution is -2.23. The Kier molecular flexibility index (Phi) is 5.37. The minimum atomic E-state index is -4.61. The lowest BCUT2D eigenvalue weighted by atomic mass is 10.1. The van der Waals surface area contributed by atoms with E-state index >= 15 is 0 Å². The summed E-state index contributed by atoms with van der Waals surface area (Å²) in [5, 5.41) is 5.25. The van der Waals surface area contributed by atoms with Gasteiger partial charge in [0, 0.05) is 5.56 Å². The summed E-state index contributed by atoms with van der Waals surface area (Å²) in [7, 11) is -4.04. The summed E-state index contributed by atoms with van der Waals surface area (Å²) in [5.74, 6) is -1.37. The van der Waals surface area contributed by atoms with Gasteiger partial charge in [0.25, 0.3) is 0 Å². The van der Waals surface area contributed by atoms with Crippen LogP contribution in [0, 0.1) is 0 Å². The fraction of sp³-hybridized carbons (Fsp3) is 0.0952. The van der Waals surface area contributed by atoms with Crippen LogP contribution in [0.25, 0.3) is 22.2 Å². The number of primary sulfonamides is 1. The molecular weight excluding hydrogens is 469 g/mol. The number of sulfonamides is 1. The van der Waals surface area contributed by atoms with Crippen LogP contribution in [0.1, 0.15) is 11.4 Å². The third-order valence-electron chi connectivity index (χ3n) is 4.69. The van der Waals surface area contributed by atoms with Gasteiger partial charge >= 0.3 is 12.3 Å². The Balaban J connectivity index is 1.66. The molecule has 3 N–H and O–H groups in total. The number of fused-ring (bicyclic) bond motifs is 1. The van der Waals surface area contributed by atoms with Crippen molar-refractivity contribution in [2.24, 2.45) is 5.14 Å². The second kappa shape index (κ2) is 7.81. The molecule has 33 heavy (non-hydrogen) atoms. The van der Waals surface area contributed by atoms with Crippen LogP contribution in [0.15, 0.2) is 71.6 Å². The highest BCUT2D eigenvalue weighted by atomic mass is 32.2. The second-order valence-electron chi connectivity index (χ2n) is 7.00. The van der Waals surface area contributed by atoms with Gasteiger partial charge in [0.1, 0.15) is 5.75 Å². The molecule has 1 heterocycles. The van der Waals surface area contributed by atoms with Crippen LogP contribution in [0.4, 0.5) is 22.0 Å². The molecule has 4 rings (SSSR count). The van der Waals surface area contributed by atoms with Gasteiger partial charge in [0.05, 0.1) is 21.5 Å². The number of rotatable bonds is 5. The molecule has 172 valence electrons. The predicted molar refractivity (Wildman–Crippen MR) is 109 cm³/mol. The smallest absolute Gasteiger partial charge is 0.427 e. The van der Waals surface area contributed by atoms with Crippen LogP contribution in [0.5, 0.6) is 5.75 Å². The molecule has 0 saturated carbocycles. The Labute approximate surface area is 183 Å². The number of hydrogen-bond donors (Lipinski definition) is 2. The van der Waals surface area contributed by atoms with E-state index in [2.05, 4.69) is 14.7 Å². The zero-order valence-corrected chi connectivity index (χ0v) is 17.2. The Morgan fingerprint density at radius 3 is 2.21 bits per heavy atom. The van der Waals surface area contributed by atoms with Crippen molar-refractivity contribution < 1.29 is 35.1 Å². The summed E-state index contributed by atoms with van der Waals surface area (Å²) >= 11 is 0. The summed E-state index contributed by atoms with van der Waals surface area (Å²) in [6, 6.07) is 13.0. The van der Waals surface area contributed by atoms with Gasteiger partial charge in [-0.2, -0.15) is 22.0 Å². The monoisotopic (exact) mass is 483 g/mol. The van der Waals surface area contributed by atoms with Crippen LogP contribution in [-0.2, 0) is 22.3 Å². The summed E-state index contributed by atoms with van der Waals surface area (Å²) in [6.07, 6.45) is -8.60. The Bertz CT molecular complexity index is 1430. The molecule has 0 aliphatic carbocycles. The maximum Gasteiger partial charge on any atom is 0.460 e. The highest BCUT2D eigenvalue weighted by Crippen LogP contribution is 2.35. The van der Waals surface area contributed by atoms with Crippen LogP contribution in [-0.4, -0.2) is 18.4 Å². The molecule has 0 atom stereocenters. The minimum absolute atomic E-state index is 0.0856. The second-order valence-corrected chi connectivity index (χ2v) is 8.53. The average molecular weight is 483 g/mol. The van der Waals surface area contributed by atoms with Gasteiger partial charge in [0.15, 0.2) is 0 Å². The highest BCUT2D eigenvalue weighted by molar-refractivity contribution is 7.89. The van der Waals surface area contributed by atoms with Crippen molar-refractivity contribution in [1.82, 2.24) is 9.97 Å². The van der Waals surface area contributed by atoms with Crippen molar-refractivity contribution in [2.45, 2.75) is 17.2 Å². The molecule has 0 spiro atoms. The minimum Gasteiger partial charge on any atom is -0.427 e. The molecule has 0 aliphatic heterocycles. The zero-order valence-electron chi connectivity index (χ0n) is 16.4. The Morgan fingerprint density at radius 1 is 0.909 bits per heavy atom. The topological polar surface area (TPSA) is 98.1 Å². The molecule has 3 aromatic carbocycles. The zero-order chi connectivity index (χ0) is 24.0. The first-order valence-electron chi connectivity index (χ1n) is 9.21. The van der Waals surface area contributed by atoms with E-state index in [1.807, 2.05) is 0 Å². The van der Waals surface area contributed by atoms with Crippen LogP contribution < -0.4 is 9.88 Å². The quantitative estimate of drug-likeness (QED) is 0.389. The first kappa shape index (κ1) is 22.7. The number of imidazole rings is 1. The SMILES string of the molecule is NS(=O)(=O)c1ccccc1-c1ccc2[nH]c(C(F)(F)Oc3ccc(C(F)(F)F)cc3)nc2c1. The van der Waals surface area contributed by atoms with Crippen molar-refractivity contribution >= 4 is 21.1 Å². The van der Waals surface area contributed by atoms with E-state index in [-0.39, 0.29) is 21.5 Å². The van der Waals surface area contributed by atoms with Gasteiger partial charge in [-0.25, -0.2) is 18.5 Å². The van der Waals surface area contributed by atoms with E-state index in [0.717, 1.165) is 12.1 Å². The number of aromatic nitrogens is 2. The normalized spacial score (nSPS) is 12.8. The number of nitrogens with one attached hydrogen (secondary N) is 1. The lowest BCUT2D eigenvalue weighted by Gasteiger charge is -2.16. The fourth-order valence-corrected chi connectivity index (χ4v) is 3.93. The number of H-pyrrole nitrogens is 1. The van der Waals surface area contributed by atoms with E-state index in [4.69, 9.17) is 5.14 Å². The summed E-state index contributed by atoms with van der Waals surface area (Å²) in [4.78, 5) is 6.09. The van der Waals surface area contributed by atoms with E-state index < -0.39 is 39.4 Å². The predicted octanol–water partition coefficient (Wildman–Crippen LogP) is 5.02. The van der Waals surface area contributed by atoms with E-state index in [9.17, 15) is 30.4 Å².